The molecule has 0 saturated carbocycles. The first-order valence-electron chi connectivity index (χ1n) is 10.1. The van der Waals surface area contributed by atoms with Crippen LogP contribution in [0.4, 0.5) is 23.1 Å². The second-order valence-electron chi connectivity index (χ2n) is 7.55. The molecule has 35 heavy (non-hydrogen) atoms. The van der Waals surface area contributed by atoms with E-state index in [-0.39, 0.29) is 79.3 Å². The van der Waals surface area contributed by atoms with Crippen LogP contribution in [-0.2, 0) is 9.59 Å². The van der Waals surface area contributed by atoms with E-state index in [0.717, 1.165) is 5.69 Å². The number of halogens is 1. The van der Waals surface area contributed by atoms with Crippen LogP contribution in [0.5, 0.6) is 0 Å². The summed E-state index contributed by atoms with van der Waals surface area (Å²) < 4.78 is 0. The predicted molar refractivity (Wildman–Crippen MR) is 129 cm³/mol. The van der Waals surface area contributed by atoms with E-state index in [4.69, 9.17) is 10.8 Å². The molecule has 2 aromatic rings. The van der Waals surface area contributed by atoms with Crippen LogP contribution in [0.15, 0.2) is 29.1 Å². The molecule has 0 aliphatic carbocycles. The van der Waals surface area contributed by atoms with E-state index in [1.165, 1.54) is 12.1 Å². The Bertz CT molecular complexity index is 1120. The van der Waals surface area contributed by atoms with Gasteiger partial charge in [0.25, 0.3) is 11.5 Å². The minimum absolute atomic E-state index is 0. The quantitative estimate of drug-likeness (QED) is 0.170. The summed E-state index contributed by atoms with van der Waals surface area (Å²) in [5, 5.41) is 26.6. The summed E-state index contributed by atoms with van der Waals surface area (Å²) in [5.41, 5.74) is 6.59. The molecule has 1 amide bonds. The number of carboxylic acids is 2. The maximum atomic E-state index is 12.3. The van der Waals surface area contributed by atoms with Crippen LogP contribution in [0.2, 0.25) is 0 Å². The van der Waals surface area contributed by atoms with Gasteiger partial charge in [-0.15, -0.1) is 12.4 Å². The number of carboxylic acid groups (broad SMARTS) is 2. The first kappa shape index (κ1) is 30.0. The first-order valence-corrected chi connectivity index (χ1v) is 10.1. The van der Waals surface area contributed by atoms with Crippen molar-refractivity contribution in [2.24, 2.45) is 0 Å². The standard InChI is InChI=1S/C20H25N7O6.ClH.Na.H/c1-27-12(9-23-16-15(27)18(31)26-20(21)25-16)8-22-11-4-2-10(3-5-11)17(30)24-13(19(32)33)6-7-14(28)29;;;/h2-5,12-13,22H,6-9H2,1H3,(H,24,30)(H,28,29)(H,32,33)(H4,21,23,25,26,31);1H;;/q;;+1;-1/t12-,13-;;;/m0.../s1. The number of nitrogens with zero attached hydrogens (tertiary/aromatic N) is 2. The average Bonchev–Trinajstić information content (AvgIpc) is 2.75. The number of benzene rings is 1. The summed E-state index contributed by atoms with van der Waals surface area (Å²) in [4.78, 5) is 54.9. The number of amides is 1. The van der Waals surface area contributed by atoms with Crippen molar-refractivity contribution in [2.45, 2.75) is 24.9 Å². The Balaban J connectivity index is 0.00000408. The van der Waals surface area contributed by atoms with Crippen molar-refractivity contribution in [1.29, 1.82) is 0 Å². The number of hydrogen-bond donors (Lipinski definition) is 7. The Morgan fingerprint density at radius 3 is 2.54 bits per heavy atom. The van der Waals surface area contributed by atoms with E-state index in [1.54, 1.807) is 19.2 Å². The van der Waals surface area contributed by atoms with Gasteiger partial charge in [-0.05, 0) is 30.7 Å². The fraction of sp³-hybridized carbons (Fsp3) is 0.350. The fourth-order valence-corrected chi connectivity index (χ4v) is 3.42. The van der Waals surface area contributed by atoms with E-state index in [2.05, 4.69) is 25.9 Å². The SMILES string of the molecule is CN1c2c(nc(N)[nH]c2=O)NC[C@@H]1CNc1ccc(C(=O)N[C@@H](CCC(=O)O)C(=O)O)cc1.Cl.[H-].[Na+]. The predicted octanol–water partition coefficient (Wildman–Crippen LogP) is -2.72. The number of anilines is 4. The molecular formula is C20H27ClN7NaO6. The molecule has 1 aliphatic rings. The van der Waals surface area contributed by atoms with Gasteiger partial charge in [0.15, 0.2) is 5.82 Å². The number of aliphatic carboxylic acids is 2. The van der Waals surface area contributed by atoms with Gasteiger partial charge in [-0.25, -0.2) is 4.79 Å². The van der Waals surface area contributed by atoms with E-state index < -0.39 is 23.9 Å². The third kappa shape index (κ3) is 7.75. The summed E-state index contributed by atoms with van der Waals surface area (Å²) in [7, 11) is 1.79. The Hall–Kier alpha value is -3.00. The maximum Gasteiger partial charge on any atom is 1.00 e. The van der Waals surface area contributed by atoms with Gasteiger partial charge >= 0.3 is 41.5 Å². The van der Waals surface area contributed by atoms with Crippen LogP contribution < -0.4 is 61.7 Å². The third-order valence-electron chi connectivity index (χ3n) is 5.26. The van der Waals surface area contributed by atoms with Crippen LogP contribution in [0.1, 0.15) is 24.6 Å². The normalized spacial score (nSPS) is 14.8. The molecule has 0 spiro atoms. The number of carbonyl (C=O) groups is 3. The number of aromatic amines is 1. The molecule has 0 fully saturated rings. The van der Waals surface area contributed by atoms with Crippen LogP contribution in [0, 0.1) is 0 Å². The third-order valence-corrected chi connectivity index (χ3v) is 5.26. The maximum absolute atomic E-state index is 12.3. The summed E-state index contributed by atoms with van der Waals surface area (Å²) in [6, 6.07) is 5.03. The number of likely N-dealkylation sites (N-methyl/N-ethyl adjacent to an activating group) is 1. The zero-order valence-electron chi connectivity index (χ0n) is 20.2. The molecule has 2 heterocycles. The number of carbonyl (C=O) groups excluding carboxylic acids is 1. The Kier molecular flexibility index (Phi) is 11.3. The molecule has 3 rings (SSSR count). The molecule has 15 heteroatoms. The van der Waals surface area contributed by atoms with Gasteiger partial charge in [0.2, 0.25) is 5.95 Å². The van der Waals surface area contributed by atoms with Gasteiger partial charge in [-0.2, -0.15) is 4.98 Å². The summed E-state index contributed by atoms with van der Waals surface area (Å²) >= 11 is 0. The topological polar surface area (TPSA) is 203 Å². The minimum atomic E-state index is -1.30. The van der Waals surface area contributed by atoms with Crippen molar-refractivity contribution >= 4 is 53.4 Å². The van der Waals surface area contributed by atoms with Crippen LogP contribution in [0.25, 0.3) is 0 Å². The molecule has 186 valence electrons. The number of hydrogen-bond acceptors (Lipinski definition) is 9. The largest absolute Gasteiger partial charge is 1.00 e. The van der Waals surface area contributed by atoms with E-state index in [9.17, 15) is 24.3 Å². The van der Waals surface area contributed by atoms with Gasteiger partial charge in [0.1, 0.15) is 11.7 Å². The molecule has 1 aromatic carbocycles. The molecule has 1 aliphatic heterocycles. The molecular weight excluding hydrogens is 493 g/mol. The van der Waals surface area contributed by atoms with E-state index in [1.807, 2.05) is 4.90 Å². The molecule has 0 saturated heterocycles. The second kappa shape index (κ2) is 13.2. The van der Waals surface area contributed by atoms with Crippen molar-refractivity contribution in [1.82, 2.24) is 15.3 Å². The number of nitrogens with one attached hydrogen (secondary N) is 4. The van der Waals surface area contributed by atoms with Gasteiger partial charge < -0.3 is 38.2 Å². The number of rotatable bonds is 9. The Labute approximate surface area is 230 Å². The molecule has 2 atom stereocenters. The van der Waals surface area contributed by atoms with Crippen molar-refractivity contribution in [3.63, 3.8) is 0 Å². The number of nitrogens with two attached hydrogens (primary N) is 1. The van der Waals surface area contributed by atoms with Crippen molar-refractivity contribution in [2.75, 3.05) is 41.4 Å². The summed E-state index contributed by atoms with van der Waals surface area (Å²) in [6.07, 6.45) is -0.586. The van der Waals surface area contributed by atoms with Gasteiger partial charge in [-0.3, -0.25) is 19.4 Å². The van der Waals surface area contributed by atoms with Gasteiger partial charge in [-0.1, -0.05) is 0 Å². The fourth-order valence-electron chi connectivity index (χ4n) is 3.42. The van der Waals surface area contributed by atoms with E-state index in [0.29, 0.717) is 24.6 Å². The molecule has 1 aromatic heterocycles. The number of H-pyrrole nitrogens is 1. The van der Waals surface area contributed by atoms with Crippen LogP contribution in [0.3, 0.4) is 0 Å². The van der Waals surface area contributed by atoms with Gasteiger partial charge in [0, 0.05) is 37.8 Å². The number of fused-ring (bicyclic) bond motifs is 1. The second-order valence-corrected chi connectivity index (χ2v) is 7.55. The average molecular weight is 520 g/mol. The van der Waals surface area contributed by atoms with Crippen molar-refractivity contribution < 1.29 is 55.6 Å². The zero-order chi connectivity index (χ0) is 24.1. The summed E-state index contributed by atoms with van der Waals surface area (Å²) in [5.74, 6) is -2.59. The van der Waals surface area contributed by atoms with Crippen molar-refractivity contribution in [3.05, 3.63) is 40.2 Å². The van der Waals surface area contributed by atoms with Gasteiger partial charge in [0.05, 0.1) is 6.04 Å². The molecule has 13 nitrogen and oxygen atoms in total. The Morgan fingerprint density at radius 2 is 1.94 bits per heavy atom. The molecule has 8 N–H and O–H groups in total. The summed E-state index contributed by atoms with van der Waals surface area (Å²) in [6.45, 7) is 1.01. The van der Waals surface area contributed by atoms with Crippen LogP contribution >= 0.6 is 12.4 Å². The molecule has 0 unspecified atom stereocenters. The minimum Gasteiger partial charge on any atom is -1.00 e. The molecule has 0 bridgehead atoms. The first-order chi connectivity index (χ1) is 15.7. The number of nitrogen functional groups attached to an aromatic ring is 1. The number of aromatic nitrogens is 2. The van der Waals surface area contributed by atoms with Crippen molar-refractivity contribution in [3.8, 4) is 0 Å². The zero-order valence-corrected chi connectivity index (χ0v) is 22.0. The Morgan fingerprint density at radius 1 is 1.29 bits per heavy atom. The van der Waals surface area contributed by atoms with Crippen LogP contribution in [-0.4, -0.2) is 70.2 Å². The van der Waals surface area contributed by atoms with E-state index >= 15 is 0 Å². The molecule has 0 radical (unpaired) electrons. The monoisotopic (exact) mass is 519 g/mol. The smallest absolute Gasteiger partial charge is 1.00 e.